The SMILES string of the molecule is CC(N)(OC(=O)C(F)(F)F)c1nc2ccc(Cl)cn2c1-c1cccc(F)c1. The van der Waals surface area contributed by atoms with Gasteiger partial charge in [-0.25, -0.2) is 14.2 Å². The Morgan fingerprint density at radius 3 is 2.59 bits per heavy atom. The Bertz CT molecular complexity index is 1030. The number of alkyl halides is 3. The number of fused-ring (bicyclic) bond motifs is 1. The molecule has 1 atom stereocenters. The number of ether oxygens (including phenoxy) is 1. The number of rotatable bonds is 3. The van der Waals surface area contributed by atoms with Crippen molar-refractivity contribution < 1.29 is 27.1 Å². The lowest BCUT2D eigenvalue weighted by Gasteiger charge is -2.25. The Kier molecular flexibility index (Phi) is 4.61. The van der Waals surface area contributed by atoms with Crippen molar-refractivity contribution in [3.05, 3.63) is 59.1 Å². The topological polar surface area (TPSA) is 69.6 Å². The molecule has 2 aromatic heterocycles. The van der Waals surface area contributed by atoms with Gasteiger partial charge in [-0.15, -0.1) is 0 Å². The van der Waals surface area contributed by atoms with Crippen LogP contribution in [-0.2, 0) is 15.3 Å². The summed E-state index contributed by atoms with van der Waals surface area (Å²) in [6.07, 6.45) is -3.79. The maximum atomic E-state index is 13.7. The number of nitrogens with two attached hydrogens (primary N) is 1. The van der Waals surface area contributed by atoms with Gasteiger partial charge in [-0.3, -0.25) is 10.1 Å². The Hall–Kier alpha value is -2.65. The highest BCUT2D eigenvalue weighted by molar-refractivity contribution is 6.30. The summed E-state index contributed by atoms with van der Waals surface area (Å²) in [5.41, 5.74) is 4.12. The van der Waals surface area contributed by atoms with E-state index >= 15 is 0 Å². The fraction of sp³-hybridized carbons (Fsp3) is 0.176. The molecule has 27 heavy (non-hydrogen) atoms. The number of carbonyl (C=O) groups excluding carboxylic acids is 1. The molecule has 10 heteroatoms. The van der Waals surface area contributed by atoms with Crippen molar-refractivity contribution in [2.75, 3.05) is 0 Å². The molecule has 0 bridgehead atoms. The number of pyridine rings is 1. The van der Waals surface area contributed by atoms with Gasteiger partial charge in [-0.2, -0.15) is 13.2 Å². The minimum absolute atomic E-state index is 0.145. The number of hydrogen-bond donors (Lipinski definition) is 1. The number of esters is 1. The van der Waals surface area contributed by atoms with Gasteiger partial charge in [-0.05, 0) is 31.2 Å². The average molecular weight is 402 g/mol. The minimum Gasteiger partial charge on any atom is -0.432 e. The molecule has 0 radical (unpaired) electrons. The van der Waals surface area contributed by atoms with Gasteiger partial charge in [0.2, 0.25) is 5.72 Å². The molecular weight excluding hydrogens is 390 g/mol. The van der Waals surface area contributed by atoms with Gasteiger partial charge in [-0.1, -0.05) is 23.7 Å². The van der Waals surface area contributed by atoms with Gasteiger partial charge in [0, 0.05) is 11.8 Å². The second-order valence-electron chi connectivity index (χ2n) is 5.89. The lowest BCUT2D eigenvalue weighted by molar-refractivity contribution is -0.213. The number of halogens is 5. The fourth-order valence-corrected chi connectivity index (χ4v) is 2.74. The van der Waals surface area contributed by atoms with Crippen LogP contribution in [0.5, 0.6) is 0 Å². The van der Waals surface area contributed by atoms with Gasteiger partial charge in [0.25, 0.3) is 0 Å². The monoisotopic (exact) mass is 401 g/mol. The first-order chi connectivity index (χ1) is 12.5. The van der Waals surface area contributed by atoms with Gasteiger partial charge in [0.05, 0.1) is 10.7 Å². The molecule has 0 saturated heterocycles. The van der Waals surface area contributed by atoms with Gasteiger partial charge in [0.1, 0.15) is 17.2 Å². The van der Waals surface area contributed by atoms with E-state index in [1.807, 2.05) is 0 Å². The smallest absolute Gasteiger partial charge is 0.432 e. The minimum atomic E-state index is -5.23. The standard InChI is InChI=1S/C17H12ClF4N3O2/c1-16(23,27-15(26)17(20,21)22)14-13(9-3-2-4-11(19)7-9)25-8-10(18)5-6-12(25)24-14/h2-8H,23H2,1H3. The molecule has 0 fully saturated rings. The van der Waals surface area contributed by atoms with Crippen LogP contribution in [0.15, 0.2) is 42.6 Å². The molecular formula is C17H12ClF4N3O2. The normalized spacial score (nSPS) is 14.2. The van der Waals surface area contributed by atoms with Crippen molar-refractivity contribution in [3.63, 3.8) is 0 Å². The van der Waals surface area contributed by atoms with Crippen LogP contribution in [-0.4, -0.2) is 21.5 Å². The molecule has 0 spiro atoms. The zero-order valence-electron chi connectivity index (χ0n) is 13.7. The van der Waals surface area contributed by atoms with E-state index in [1.54, 1.807) is 0 Å². The predicted octanol–water partition coefficient (Wildman–Crippen LogP) is 4.03. The van der Waals surface area contributed by atoms with Crippen LogP contribution in [0.25, 0.3) is 16.9 Å². The molecule has 3 aromatic rings. The summed E-state index contributed by atoms with van der Waals surface area (Å²) in [5.74, 6) is -3.05. The summed E-state index contributed by atoms with van der Waals surface area (Å²) in [5, 5.41) is 0.301. The first kappa shape index (κ1) is 19.1. The Labute approximate surface area is 155 Å². The van der Waals surface area contributed by atoms with Crippen molar-refractivity contribution in [1.82, 2.24) is 9.38 Å². The Morgan fingerprint density at radius 2 is 1.96 bits per heavy atom. The number of hydrogen-bond acceptors (Lipinski definition) is 4. The summed E-state index contributed by atoms with van der Waals surface area (Å²) in [4.78, 5) is 15.5. The van der Waals surface area contributed by atoms with Crippen molar-refractivity contribution in [2.45, 2.75) is 18.8 Å². The molecule has 142 valence electrons. The van der Waals surface area contributed by atoms with E-state index in [0.717, 1.165) is 13.0 Å². The van der Waals surface area contributed by atoms with Crippen LogP contribution in [0.2, 0.25) is 5.02 Å². The molecule has 1 aromatic carbocycles. The maximum Gasteiger partial charge on any atom is 0.491 e. The van der Waals surface area contributed by atoms with Gasteiger partial charge < -0.3 is 4.74 Å². The number of imidazole rings is 1. The zero-order chi connectivity index (χ0) is 20.0. The molecule has 0 aliphatic heterocycles. The lowest BCUT2D eigenvalue weighted by Crippen LogP contribution is -2.43. The Balaban J connectivity index is 2.23. The number of nitrogens with zero attached hydrogens (tertiary/aromatic N) is 2. The largest absolute Gasteiger partial charge is 0.491 e. The molecule has 0 saturated carbocycles. The van der Waals surface area contributed by atoms with Gasteiger partial charge in [0.15, 0.2) is 0 Å². The second kappa shape index (κ2) is 6.50. The molecule has 5 nitrogen and oxygen atoms in total. The molecule has 3 rings (SSSR count). The van der Waals surface area contributed by atoms with Crippen LogP contribution >= 0.6 is 11.6 Å². The van der Waals surface area contributed by atoms with Gasteiger partial charge >= 0.3 is 12.1 Å². The molecule has 2 heterocycles. The quantitative estimate of drug-likeness (QED) is 0.408. The van der Waals surface area contributed by atoms with Crippen molar-refractivity contribution in [3.8, 4) is 11.3 Å². The first-order valence-electron chi connectivity index (χ1n) is 7.52. The number of aromatic nitrogens is 2. The molecule has 1 unspecified atom stereocenters. The van der Waals surface area contributed by atoms with Crippen molar-refractivity contribution >= 4 is 23.2 Å². The highest BCUT2D eigenvalue weighted by atomic mass is 35.5. The van der Waals surface area contributed by atoms with E-state index in [2.05, 4.69) is 9.72 Å². The summed E-state index contributed by atoms with van der Waals surface area (Å²) >= 11 is 5.99. The molecule has 0 aliphatic rings. The maximum absolute atomic E-state index is 13.7. The van der Waals surface area contributed by atoms with Crippen LogP contribution in [0.4, 0.5) is 17.6 Å². The third-order valence-corrected chi connectivity index (χ3v) is 3.91. The third kappa shape index (κ3) is 3.74. The lowest BCUT2D eigenvalue weighted by atomic mass is 10.0. The fourth-order valence-electron chi connectivity index (χ4n) is 2.58. The van der Waals surface area contributed by atoms with E-state index < -0.39 is 23.7 Å². The van der Waals surface area contributed by atoms with Crippen molar-refractivity contribution in [2.24, 2.45) is 5.73 Å². The number of carbonyl (C=O) groups is 1. The third-order valence-electron chi connectivity index (χ3n) is 3.69. The molecule has 0 amide bonds. The van der Waals surface area contributed by atoms with E-state index in [-0.39, 0.29) is 22.6 Å². The zero-order valence-corrected chi connectivity index (χ0v) is 14.5. The highest BCUT2D eigenvalue weighted by Gasteiger charge is 2.46. The van der Waals surface area contributed by atoms with E-state index in [0.29, 0.717) is 5.02 Å². The summed E-state index contributed by atoms with van der Waals surface area (Å²) in [7, 11) is 0. The summed E-state index contributed by atoms with van der Waals surface area (Å²) in [6, 6.07) is 8.28. The van der Waals surface area contributed by atoms with E-state index in [4.69, 9.17) is 17.3 Å². The summed E-state index contributed by atoms with van der Waals surface area (Å²) in [6.45, 7) is 1.06. The Morgan fingerprint density at radius 1 is 1.26 bits per heavy atom. The number of benzene rings is 1. The van der Waals surface area contributed by atoms with Crippen LogP contribution in [0.1, 0.15) is 12.6 Å². The van der Waals surface area contributed by atoms with Crippen LogP contribution < -0.4 is 5.73 Å². The van der Waals surface area contributed by atoms with Crippen LogP contribution in [0, 0.1) is 5.82 Å². The summed E-state index contributed by atoms with van der Waals surface area (Å²) < 4.78 is 57.4. The van der Waals surface area contributed by atoms with Crippen molar-refractivity contribution in [1.29, 1.82) is 0 Å². The second-order valence-corrected chi connectivity index (χ2v) is 6.33. The first-order valence-corrected chi connectivity index (χ1v) is 7.90. The average Bonchev–Trinajstić information content (AvgIpc) is 2.93. The van der Waals surface area contributed by atoms with E-state index in [1.165, 1.54) is 40.9 Å². The highest BCUT2D eigenvalue weighted by Crippen LogP contribution is 2.34. The molecule has 0 aliphatic carbocycles. The molecule has 2 N–H and O–H groups in total. The van der Waals surface area contributed by atoms with Crippen LogP contribution in [0.3, 0.4) is 0 Å². The predicted molar refractivity (Wildman–Crippen MR) is 89.3 cm³/mol. The van der Waals surface area contributed by atoms with E-state index in [9.17, 15) is 22.4 Å².